The van der Waals surface area contributed by atoms with Gasteiger partial charge in [-0.2, -0.15) is 0 Å². The molecule has 0 rings (SSSR count). The molecule has 2 heteroatoms. The fourth-order valence-electron chi connectivity index (χ4n) is 4.44. The second-order valence-corrected chi connectivity index (χ2v) is 10.7. The Kier molecular flexibility index (Phi) is 27.8. The maximum Gasteiger partial charge on any atom is 0.305 e. The molecule has 0 aromatic carbocycles. The minimum atomic E-state index is 0.0127. The first-order chi connectivity index (χ1) is 16.7. The fraction of sp³-hybridized carbons (Fsp3) is 0.906. The van der Waals surface area contributed by atoms with Crippen molar-refractivity contribution in [2.75, 3.05) is 6.61 Å². The Morgan fingerprint density at radius 2 is 1.09 bits per heavy atom. The quantitative estimate of drug-likeness (QED) is 0.0666. The highest BCUT2D eigenvalue weighted by Crippen LogP contribution is 2.16. The highest BCUT2D eigenvalue weighted by molar-refractivity contribution is 5.69. The van der Waals surface area contributed by atoms with Gasteiger partial charge in [-0.1, -0.05) is 148 Å². The lowest BCUT2D eigenvalue weighted by atomic mass is 9.99. The van der Waals surface area contributed by atoms with Gasteiger partial charge in [0.05, 0.1) is 6.61 Å². The minimum Gasteiger partial charge on any atom is -0.466 e. The molecule has 0 saturated carbocycles. The van der Waals surface area contributed by atoms with E-state index < -0.39 is 0 Å². The van der Waals surface area contributed by atoms with Gasteiger partial charge < -0.3 is 4.74 Å². The number of carbonyl (C=O) groups is 1. The van der Waals surface area contributed by atoms with Crippen molar-refractivity contribution in [3.63, 3.8) is 0 Å². The first kappa shape index (κ1) is 33.2. The van der Waals surface area contributed by atoms with Crippen LogP contribution in [-0.2, 0) is 9.53 Å². The average molecular weight is 479 g/mol. The molecular weight excluding hydrogens is 416 g/mol. The number of allylic oxidation sites excluding steroid dienone is 2. The van der Waals surface area contributed by atoms with Crippen LogP contribution in [0.15, 0.2) is 12.2 Å². The third-order valence-corrected chi connectivity index (χ3v) is 7.19. The third kappa shape index (κ3) is 27.5. The van der Waals surface area contributed by atoms with E-state index in [0.29, 0.717) is 13.0 Å². The van der Waals surface area contributed by atoms with Gasteiger partial charge in [-0.25, -0.2) is 0 Å². The monoisotopic (exact) mass is 478 g/mol. The Hall–Kier alpha value is -0.790. The molecule has 0 aliphatic rings. The molecule has 0 radical (unpaired) electrons. The molecule has 0 amide bonds. The third-order valence-electron chi connectivity index (χ3n) is 7.19. The summed E-state index contributed by atoms with van der Waals surface area (Å²) < 4.78 is 5.41. The molecule has 0 aromatic rings. The second kappa shape index (κ2) is 28.4. The molecule has 0 spiro atoms. The molecule has 0 fully saturated rings. The molecule has 202 valence electrons. The standard InChI is InChI=1S/C32H62O2/c1-4-6-7-8-9-10-13-17-20-23-26-29-32(33)34-30-27-24-21-18-15-12-11-14-16-19-22-25-28-31(3)5-2/h8-9,31H,4-7,10-30H2,1-3H3. The van der Waals surface area contributed by atoms with Crippen LogP contribution in [0.5, 0.6) is 0 Å². The van der Waals surface area contributed by atoms with Crippen LogP contribution < -0.4 is 0 Å². The minimum absolute atomic E-state index is 0.0127. The Bertz CT molecular complexity index is 429. The SMILES string of the molecule is CCCCC=CCCCCCCCC(=O)OCCCCCCCCCCCCCCC(C)CC. The summed E-state index contributed by atoms with van der Waals surface area (Å²) in [7, 11) is 0. The predicted octanol–water partition coefficient (Wildman–Crippen LogP) is 11.1. The van der Waals surface area contributed by atoms with Gasteiger partial charge >= 0.3 is 5.97 Å². The Balaban J connectivity index is 3.19. The Morgan fingerprint density at radius 1 is 0.618 bits per heavy atom. The molecule has 0 saturated heterocycles. The molecule has 2 nitrogen and oxygen atoms in total. The van der Waals surface area contributed by atoms with Crippen molar-refractivity contribution in [2.45, 2.75) is 175 Å². The smallest absolute Gasteiger partial charge is 0.305 e. The molecule has 1 unspecified atom stereocenters. The van der Waals surface area contributed by atoms with E-state index in [1.807, 2.05) is 0 Å². The summed E-state index contributed by atoms with van der Waals surface area (Å²) in [6.07, 6.45) is 35.3. The summed E-state index contributed by atoms with van der Waals surface area (Å²) in [5.41, 5.74) is 0. The molecule has 0 aliphatic heterocycles. The maximum atomic E-state index is 11.8. The lowest BCUT2D eigenvalue weighted by molar-refractivity contribution is -0.143. The van der Waals surface area contributed by atoms with Gasteiger partial charge in [0, 0.05) is 6.42 Å². The van der Waals surface area contributed by atoms with Crippen LogP contribution in [0.2, 0.25) is 0 Å². The van der Waals surface area contributed by atoms with Crippen LogP contribution in [-0.4, -0.2) is 12.6 Å². The molecular formula is C32H62O2. The van der Waals surface area contributed by atoms with E-state index in [2.05, 4.69) is 32.9 Å². The van der Waals surface area contributed by atoms with Crippen LogP contribution in [0.1, 0.15) is 175 Å². The normalized spacial score (nSPS) is 12.4. The van der Waals surface area contributed by atoms with E-state index in [4.69, 9.17) is 4.74 Å². The molecule has 0 heterocycles. The lowest BCUT2D eigenvalue weighted by Gasteiger charge is -2.07. The number of ether oxygens (including phenoxy) is 1. The van der Waals surface area contributed by atoms with E-state index in [-0.39, 0.29) is 5.97 Å². The largest absolute Gasteiger partial charge is 0.466 e. The summed E-state index contributed by atoms with van der Waals surface area (Å²) in [6, 6.07) is 0. The van der Waals surface area contributed by atoms with Crippen LogP contribution in [0, 0.1) is 5.92 Å². The topological polar surface area (TPSA) is 26.3 Å². The summed E-state index contributed by atoms with van der Waals surface area (Å²) in [4.78, 5) is 11.8. The van der Waals surface area contributed by atoms with Crippen molar-refractivity contribution < 1.29 is 9.53 Å². The maximum absolute atomic E-state index is 11.8. The number of carbonyl (C=O) groups excluding carboxylic acids is 1. The summed E-state index contributed by atoms with van der Waals surface area (Å²) in [5, 5.41) is 0. The number of hydrogen-bond donors (Lipinski definition) is 0. The number of unbranched alkanes of at least 4 members (excludes halogenated alkanes) is 18. The van der Waals surface area contributed by atoms with Crippen molar-refractivity contribution in [3.8, 4) is 0 Å². The fourth-order valence-corrected chi connectivity index (χ4v) is 4.44. The van der Waals surface area contributed by atoms with Gasteiger partial charge in [0.2, 0.25) is 0 Å². The zero-order valence-electron chi connectivity index (χ0n) is 23.7. The molecule has 0 aromatic heterocycles. The van der Waals surface area contributed by atoms with Crippen molar-refractivity contribution in [1.82, 2.24) is 0 Å². The summed E-state index contributed by atoms with van der Waals surface area (Å²) in [5.74, 6) is 0.934. The van der Waals surface area contributed by atoms with Gasteiger partial charge in [-0.3, -0.25) is 4.79 Å². The van der Waals surface area contributed by atoms with Gasteiger partial charge in [-0.05, 0) is 38.0 Å². The van der Waals surface area contributed by atoms with Crippen LogP contribution >= 0.6 is 0 Å². The van der Waals surface area contributed by atoms with Crippen molar-refractivity contribution in [2.24, 2.45) is 5.92 Å². The van der Waals surface area contributed by atoms with Gasteiger partial charge in [0.25, 0.3) is 0 Å². The molecule has 0 aliphatic carbocycles. The highest BCUT2D eigenvalue weighted by atomic mass is 16.5. The zero-order chi connectivity index (χ0) is 25.0. The van der Waals surface area contributed by atoms with E-state index in [9.17, 15) is 4.79 Å². The molecule has 0 N–H and O–H groups in total. The van der Waals surface area contributed by atoms with Crippen molar-refractivity contribution in [1.29, 1.82) is 0 Å². The number of rotatable bonds is 27. The number of esters is 1. The first-order valence-corrected chi connectivity index (χ1v) is 15.5. The van der Waals surface area contributed by atoms with Crippen molar-refractivity contribution >= 4 is 5.97 Å². The first-order valence-electron chi connectivity index (χ1n) is 15.5. The average Bonchev–Trinajstić information content (AvgIpc) is 2.84. The predicted molar refractivity (Wildman–Crippen MR) is 151 cm³/mol. The summed E-state index contributed by atoms with van der Waals surface area (Å²) in [6.45, 7) is 7.55. The van der Waals surface area contributed by atoms with Crippen LogP contribution in [0.3, 0.4) is 0 Å². The Labute approximate surface area is 215 Å². The Morgan fingerprint density at radius 3 is 1.65 bits per heavy atom. The highest BCUT2D eigenvalue weighted by Gasteiger charge is 2.02. The van der Waals surface area contributed by atoms with Crippen LogP contribution in [0.25, 0.3) is 0 Å². The van der Waals surface area contributed by atoms with Crippen LogP contribution in [0.4, 0.5) is 0 Å². The van der Waals surface area contributed by atoms with Gasteiger partial charge in [-0.15, -0.1) is 0 Å². The van der Waals surface area contributed by atoms with E-state index in [1.165, 1.54) is 128 Å². The lowest BCUT2D eigenvalue weighted by Crippen LogP contribution is -2.05. The van der Waals surface area contributed by atoms with E-state index >= 15 is 0 Å². The molecule has 1 atom stereocenters. The molecule has 34 heavy (non-hydrogen) atoms. The van der Waals surface area contributed by atoms with E-state index in [0.717, 1.165) is 25.2 Å². The zero-order valence-corrected chi connectivity index (χ0v) is 23.7. The summed E-state index contributed by atoms with van der Waals surface area (Å²) >= 11 is 0. The second-order valence-electron chi connectivity index (χ2n) is 10.7. The van der Waals surface area contributed by atoms with E-state index in [1.54, 1.807) is 0 Å². The van der Waals surface area contributed by atoms with Crippen molar-refractivity contribution in [3.05, 3.63) is 12.2 Å². The number of hydrogen-bond acceptors (Lipinski definition) is 2. The molecule has 0 bridgehead atoms. The van der Waals surface area contributed by atoms with Gasteiger partial charge in [0.15, 0.2) is 0 Å². The van der Waals surface area contributed by atoms with Gasteiger partial charge in [0.1, 0.15) is 0 Å².